The number of hydrogen-bond acceptors (Lipinski definition) is 4. The standard InChI is InChI=1S/C11H15N3O/c12-8-1-2-11-10(5-8)14-4-3-13-6-9(14)7-15-11/h1-2,5,9,13H,3-4,6-7,12H2. The maximum Gasteiger partial charge on any atom is 0.142 e. The SMILES string of the molecule is Nc1ccc2c(c1)N1CCNCC1CO2. The highest BCUT2D eigenvalue weighted by molar-refractivity contribution is 5.66. The number of nitrogens with two attached hydrogens (primary N) is 1. The molecule has 3 rings (SSSR count). The molecule has 1 atom stereocenters. The summed E-state index contributed by atoms with van der Waals surface area (Å²) in [5.41, 5.74) is 7.75. The molecule has 4 heteroatoms. The van der Waals surface area contributed by atoms with Crippen molar-refractivity contribution in [3.05, 3.63) is 18.2 Å². The monoisotopic (exact) mass is 205 g/mol. The zero-order valence-electron chi connectivity index (χ0n) is 8.57. The number of ether oxygens (including phenoxy) is 1. The smallest absolute Gasteiger partial charge is 0.142 e. The van der Waals surface area contributed by atoms with E-state index in [-0.39, 0.29) is 0 Å². The molecular weight excluding hydrogens is 190 g/mol. The van der Waals surface area contributed by atoms with E-state index in [9.17, 15) is 0 Å². The number of hydrogen-bond donors (Lipinski definition) is 2. The summed E-state index contributed by atoms with van der Waals surface area (Å²) in [6.45, 7) is 3.83. The van der Waals surface area contributed by atoms with Crippen LogP contribution in [0.2, 0.25) is 0 Å². The summed E-state index contributed by atoms with van der Waals surface area (Å²) in [5.74, 6) is 0.961. The Bertz CT molecular complexity index is 380. The molecule has 0 bridgehead atoms. The molecule has 0 aliphatic carbocycles. The first-order valence-corrected chi connectivity index (χ1v) is 5.34. The highest BCUT2D eigenvalue weighted by Gasteiger charge is 2.29. The Morgan fingerprint density at radius 3 is 3.33 bits per heavy atom. The minimum absolute atomic E-state index is 0.452. The fourth-order valence-corrected chi connectivity index (χ4v) is 2.29. The van der Waals surface area contributed by atoms with Crippen molar-refractivity contribution in [1.29, 1.82) is 0 Å². The van der Waals surface area contributed by atoms with Crippen molar-refractivity contribution in [3.8, 4) is 5.75 Å². The Balaban J connectivity index is 2.01. The summed E-state index contributed by atoms with van der Waals surface area (Å²) in [6.07, 6.45) is 0. The van der Waals surface area contributed by atoms with Crippen LogP contribution in [0.5, 0.6) is 5.75 Å². The van der Waals surface area contributed by atoms with Gasteiger partial charge in [-0.05, 0) is 18.2 Å². The third-order valence-electron chi connectivity index (χ3n) is 3.07. The van der Waals surface area contributed by atoms with Gasteiger partial charge in [-0.2, -0.15) is 0 Å². The van der Waals surface area contributed by atoms with Crippen LogP contribution in [-0.2, 0) is 0 Å². The molecule has 2 heterocycles. The van der Waals surface area contributed by atoms with Crippen LogP contribution in [0.25, 0.3) is 0 Å². The highest BCUT2D eigenvalue weighted by Crippen LogP contribution is 2.35. The van der Waals surface area contributed by atoms with Crippen LogP contribution in [0.4, 0.5) is 11.4 Å². The van der Waals surface area contributed by atoms with Gasteiger partial charge in [0, 0.05) is 25.3 Å². The lowest BCUT2D eigenvalue weighted by atomic mass is 10.1. The second-order valence-electron chi connectivity index (χ2n) is 4.09. The van der Waals surface area contributed by atoms with E-state index < -0.39 is 0 Å². The second kappa shape index (κ2) is 3.31. The average Bonchev–Trinajstić information content (AvgIpc) is 2.29. The van der Waals surface area contributed by atoms with E-state index in [1.54, 1.807) is 0 Å². The van der Waals surface area contributed by atoms with Crippen molar-refractivity contribution in [2.45, 2.75) is 6.04 Å². The van der Waals surface area contributed by atoms with Gasteiger partial charge in [-0.3, -0.25) is 0 Å². The molecule has 3 N–H and O–H groups in total. The van der Waals surface area contributed by atoms with Gasteiger partial charge in [-0.25, -0.2) is 0 Å². The minimum Gasteiger partial charge on any atom is -0.489 e. The number of anilines is 2. The second-order valence-corrected chi connectivity index (χ2v) is 4.09. The number of nitrogens with zero attached hydrogens (tertiary/aromatic N) is 1. The van der Waals surface area contributed by atoms with E-state index in [2.05, 4.69) is 10.2 Å². The summed E-state index contributed by atoms with van der Waals surface area (Å²) in [4.78, 5) is 2.39. The van der Waals surface area contributed by atoms with Gasteiger partial charge in [-0.15, -0.1) is 0 Å². The molecule has 2 aliphatic heterocycles. The normalized spacial score (nSPS) is 24.0. The Labute approximate surface area is 89.0 Å². The molecule has 0 radical (unpaired) electrons. The van der Waals surface area contributed by atoms with E-state index in [0.29, 0.717) is 6.04 Å². The summed E-state index contributed by atoms with van der Waals surface area (Å²) in [7, 11) is 0. The largest absolute Gasteiger partial charge is 0.489 e. The Morgan fingerprint density at radius 1 is 1.47 bits per heavy atom. The lowest BCUT2D eigenvalue weighted by Gasteiger charge is -2.41. The molecule has 0 amide bonds. The fourth-order valence-electron chi connectivity index (χ4n) is 2.29. The molecule has 1 unspecified atom stereocenters. The molecule has 0 aromatic heterocycles. The fraction of sp³-hybridized carbons (Fsp3) is 0.455. The molecule has 80 valence electrons. The van der Waals surface area contributed by atoms with Crippen LogP contribution in [0.1, 0.15) is 0 Å². The third-order valence-corrected chi connectivity index (χ3v) is 3.07. The van der Waals surface area contributed by atoms with Crippen molar-refractivity contribution < 1.29 is 4.74 Å². The van der Waals surface area contributed by atoms with Crippen LogP contribution < -0.4 is 20.7 Å². The van der Waals surface area contributed by atoms with Crippen LogP contribution >= 0.6 is 0 Å². The van der Waals surface area contributed by atoms with Crippen LogP contribution in [-0.4, -0.2) is 32.3 Å². The van der Waals surface area contributed by atoms with Crippen LogP contribution in [0, 0.1) is 0 Å². The summed E-state index contributed by atoms with van der Waals surface area (Å²) >= 11 is 0. The zero-order chi connectivity index (χ0) is 10.3. The van der Waals surface area contributed by atoms with Crippen molar-refractivity contribution in [1.82, 2.24) is 5.32 Å². The number of rotatable bonds is 0. The molecule has 15 heavy (non-hydrogen) atoms. The van der Waals surface area contributed by atoms with Crippen molar-refractivity contribution in [3.63, 3.8) is 0 Å². The molecule has 4 nitrogen and oxygen atoms in total. The van der Waals surface area contributed by atoms with Gasteiger partial charge in [0.25, 0.3) is 0 Å². The molecule has 2 aliphatic rings. The molecule has 1 aromatic rings. The van der Waals surface area contributed by atoms with E-state index in [1.165, 1.54) is 0 Å². The predicted octanol–water partition coefficient (Wildman–Crippen LogP) is 0.439. The van der Waals surface area contributed by atoms with E-state index in [1.807, 2.05) is 18.2 Å². The van der Waals surface area contributed by atoms with Crippen LogP contribution in [0.15, 0.2) is 18.2 Å². The molecular formula is C11H15N3O. The van der Waals surface area contributed by atoms with Gasteiger partial charge in [0.15, 0.2) is 0 Å². The summed E-state index contributed by atoms with van der Waals surface area (Å²) < 4.78 is 5.71. The molecule has 0 spiro atoms. The maximum absolute atomic E-state index is 5.81. The Morgan fingerprint density at radius 2 is 2.40 bits per heavy atom. The molecule has 1 fully saturated rings. The van der Waals surface area contributed by atoms with Crippen molar-refractivity contribution in [2.75, 3.05) is 36.9 Å². The zero-order valence-corrected chi connectivity index (χ0v) is 8.57. The molecule has 1 aromatic carbocycles. The lowest BCUT2D eigenvalue weighted by Crippen LogP contribution is -2.55. The number of benzene rings is 1. The van der Waals surface area contributed by atoms with Gasteiger partial charge in [-0.1, -0.05) is 0 Å². The maximum atomic E-state index is 5.81. The first kappa shape index (κ1) is 8.85. The Kier molecular flexibility index (Phi) is 1.95. The molecule has 1 saturated heterocycles. The third kappa shape index (κ3) is 1.41. The number of fused-ring (bicyclic) bond motifs is 3. The Hall–Kier alpha value is -1.42. The van der Waals surface area contributed by atoms with Gasteiger partial charge in [0.1, 0.15) is 12.4 Å². The minimum atomic E-state index is 0.452. The average molecular weight is 205 g/mol. The van der Waals surface area contributed by atoms with E-state index in [4.69, 9.17) is 10.5 Å². The summed E-state index contributed by atoms with van der Waals surface area (Å²) in [5, 5.41) is 3.38. The van der Waals surface area contributed by atoms with E-state index >= 15 is 0 Å². The number of piperazine rings is 1. The number of nitrogen functional groups attached to an aromatic ring is 1. The number of nitrogens with one attached hydrogen (secondary N) is 1. The van der Waals surface area contributed by atoms with Crippen molar-refractivity contribution >= 4 is 11.4 Å². The van der Waals surface area contributed by atoms with Gasteiger partial charge in [0.05, 0.1) is 11.7 Å². The van der Waals surface area contributed by atoms with Gasteiger partial charge >= 0.3 is 0 Å². The van der Waals surface area contributed by atoms with Gasteiger partial charge in [0.2, 0.25) is 0 Å². The summed E-state index contributed by atoms with van der Waals surface area (Å²) in [6, 6.07) is 6.31. The first-order chi connectivity index (χ1) is 7.34. The van der Waals surface area contributed by atoms with Crippen LogP contribution in [0.3, 0.4) is 0 Å². The predicted molar refractivity (Wildman–Crippen MR) is 60.4 cm³/mol. The lowest BCUT2D eigenvalue weighted by molar-refractivity contribution is 0.247. The van der Waals surface area contributed by atoms with Gasteiger partial charge < -0.3 is 20.7 Å². The first-order valence-electron chi connectivity index (χ1n) is 5.34. The van der Waals surface area contributed by atoms with E-state index in [0.717, 1.165) is 43.4 Å². The topological polar surface area (TPSA) is 50.5 Å². The quantitative estimate of drug-likeness (QED) is 0.603. The van der Waals surface area contributed by atoms with Crippen molar-refractivity contribution in [2.24, 2.45) is 0 Å². The molecule has 0 saturated carbocycles. The highest BCUT2D eigenvalue weighted by atomic mass is 16.5.